The summed E-state index contributed by atoms with van der Waals surface area (Å²) in [5.41, 5.74) is 1.23. The minimum Gasteiger partial charge on any atom is -0.492 e. The molecule has 1 heterocycles. The zero-order valence-corrected chi connectivity index (χ0v) is 15.2. The molecule has 2 N–H and O–H groups in total. The Balaban J connectivity index is 0.00000242. The van der Waals surface area contributed by atoms with E-state index in [0.29, 0.717) is 19.7 Å². The molecule has 0 atom stereocenters. The molecule has 0 amide bonds. The average molecular weight is 415 g/mol. The molecule has 2 aromatic rings. The van der Waals surface area contributed by atoms with Crippen molar-refractivity contribution in [3.63, 3.8) is 0 Å². The Hall–Kier alpha value is -1.70. The maximum Gasteiger partial charge on any atom is 0.191 e. The number of benzene rings is 1. The summed E-state index contributed by atoms with van der Waals surface area (Å²) in [5, 5.41) is 6.35. The lowest BCUT2D eigenvalue weighted by Gasteiger charge is -2.11. The number of aryl methyl sites for hydroxylation is 1. The van der Waals surface area contributed by atoms with Crippen molar-refractivity contribution in [1.82, 2.24) is 10.6 Å². The van der Waals surface area contributed by atoms with Crippen LogP contribution in [0.15, 0.2) is 52.1 Å². The van der Waals surface area contributed by atoms with E-state index in [2.05, 4.69) is 22.5 Å². The highest BCUT2D eigenvalue weighted by atomic mass is 127. The van der Waals surface area contributed by atoms with Crippen LogP contribution in [0.5, 0.6) is 5.75 Å². The maximum atomic E-state index is 5.64. The second-order valence-corrected chi connectivity index (χ2v) is 4.59. The van der Waals surface area contributed by atoms with Crippen LogP contribution in [0.3, 0.4) is 0 Å². The third-order valence-corrected chi connectivity index (χ3v) is 2.92. The number of nitrogens with zero attached hydrogens (tertiary/aromatic N) is 1. The molecule has 1 aromatic heterocycles. The number of nitrogens with one attached hydrogen (secondary N) is 2. The van der Waals surface area contributed by atoms with Crippen LogP contribution in [0.4, 0.5) is 0 Å². The number of ether oxygens (including phenoxy) is 1. The third kappa shape index (κ3) is 6.38. The first kappa shape index (κ1) is 18.3. The molecule has 2 rings (SSSR count). The molecule has 0 unspecified atom stereocenters. The zero-order valence-electron chi connectivity index (χ0n) is 12.8. The summed E-state index contributed by atoms with van der Waals surface area (Å²) in [4.78, 5) is 4.14. The molecule has 0 aliphatic rings. The molecule has 0 bridgehead atoms. The van der Waals surface area contributed by atoms with Gasteiger partial charge in [-0.15, -0.1) is 24.0 Å². The van der Waals surface area contributed by atoms with Crippen molar-refractivity contribution in [3.05, 3.63) is 54.0 Å². The smallest absolute Gasteiger partial charge is 0.191 e. The van der Waals surface area contributed by atoms with E-state index >= 15 is 0 Å². The van der Waals surface area contributed by atoms with Gasteiger partial charge in [-0.1, -0.05) is 17.7 Å². The molecule has 5 nitrogen and oxygen atoms in total. The first-order chi connectivity index (χ1) is 10.3. The van der Waals surface area contributed by atoms with Crippen LogP contribution in [-0.2, 0) is 6.54 Å². The lowest BCUT2D eigenvalue weighted by atomic mass is 10.2. The predicted molar refractivity (Wildman–Crippen MR) is 99.0 cm³/mol. The van der Waals surface area contributed by atoms with Crippen molar-refractivity contribution < 1.29 is 9.15 Å². The number of aliphatic imine (C=N–C) groups is 1. The number of guanidine groups is 1. The Labute approximate surface area is 148 Å². The monoisotopic (exact) mass is 415 g/mol. The summed E-state index contributed by atoms with van der Waals surface area (Å²) in [5.74, 6) is 2.47. The van der Waals surface area contributed by atoms with Gasteiger partial charge in [-0.25, -0.2) is 0 Å². The lowest BCUT2D eigenvalue weighted by molar-refractivity contribution is 0.322. The SMILES string of the molecule is CN=C(NCCOc1ccc(C)cc1)NCc1ccco1.I. The Morgan fingerprint density at radius 1 is 1.18 bits per heavy atom. The predicted octanol–water partition coefficient (Wildman–Crippen LogP) is 2.95. The van der Waals surface area contributed by atoms with Crippen LogP contribution in [-0.4, -0.2) is 26.2 Å². The van der Waals surface area contributed by atoms with E-state index in [1.165, 1.54) is 5.56 Å². The normalized spacial score (nSPS) is 10.7. The number of hydrogen-bond donors (Lipinski definition) is 2. The van der Waals surface area contributed by atoms with E-state index in [1.54, 1.807) is 13.3 Å². The Morgan fingerprint density at radius 2 is 1.95 bits per heavy atom. The maximum absolute atomic E-state index is 5.64. The molecule has 0 spiro atoms. The molecule has 0 aliphatic heterocycles. The second kappa shape index (κ2) is 10.1. The van der Waals surface area contributed by atoms with Gasteiger partial charge in [0.15, 0.2) is 5.96 Å². The average Bonchev–Trinajstić information content (AvgIpc) is 3.02. The lowest BCUT2D eigenvalue weighted by Crippen LogP contribution is -2.38. The summed E-state index contributed by atoms with van der Waals surface area (Å²) in [6, 6.07) is 11.8. The van der Waals surface area contributed by atoms with Gasteiger partial charge in [-0.3, -0.25) is 4.99 Å². The molecule has 0 saturated heterocycles. The van der Waals surface area contributed by atoms with Crippen molar-refractivity contribution in [1.29, 1.82) is 0 Å². The molecule has 120 valence electrons. The highest BCUT2D eigenvalue weighted by Crippen LogP contribution is 2.10. The number of rotatable bonds is 6. The van der Waals surface area contributed by atoms with Crippen molar-refractivity contribution >= 4 is 29.9 Å². The Morgan fingerprint density at radius 3 is 2.59 bits per heavy atom. The van der Waals surface area contributed by atoms with Crippen LogP contribution >= 0.6 is 24.0 Å². The Bertz CT molecular complexity index is 553. The second-order valence-electron chi connectivity index (χ2n) is 4.59. The quantitative estimate of drug-likeness (QED) is 0.330. The van der Waals surface area contributed by atoms with Gasteiger partial charge in [-0.2, -0.15) is 0 Å². The first-order valence-corrected chi connectivity index (χ1v) is 6.94. The topological polar surface area (TPSA) is 58.8 Å². The van der Waals surface area contributed by atoms with Crippen molar-refractivity contribution in [2.45, 2.75) is 13.5 Å². The summed E-state index contributed by atoms with van der Waals surface area (Å²) < 4.78 is 10.9. The third-order valence-electron chi connectivity index (χ3n) is 2.92. The van der Waals surface area contributed by atoms with E-state index in [9.17, 15) is 0 Å². The van der Waals surface area contributed by atoms with Gasteiger partial charge < -0.3 is 19.8 Å². The van der Waals surface area contributed by atoms with Gasteiger partial charge >= 0.3 is 0 Å². The fourth-order valence-electron chi connectivity index (χ4n) is 1.78. The van der Waals surface area contributed by atoms with Crippen LogP contribution in [0.25, 0.3) is 0 Å². The first-order valence-electron chi connectivity index (χ1n) is 6.94. The summed E-state index contributed by atoms with van der Waals surface area (Å²) in [6.07, 6.45) is 1.66. The van der Waals surface area contributed by atoms with Crippen LogP contribution in [0.2, 0.25) is 0 Å². The zero-order chi connectivity index (χ0) is 14.9. The fourth-order valence-corrected chi connectivity index (χ4v) is 1.78. The van der Waals surface area contributed by atoms with Crippen molar-refractivity contribution in [3.8, 4) is 5.75 Å². The van der Waals surface area contributed by atoms with E-state index < -0.39 is 0 Å². The minimum absolute atomic E-state index is 0. The van der Waals surface area contributed by atoms with E-state index in [1.807, 2.05) is 36.4 Å². The molecular weight excluding hydrogens is 393 g/mol. The standard InChI is InChI=1S/C16H21N3O2.HI/c1-13-5-7-14(8-6-13)21-11-9-18-16(17-2)19-12-15-4-3-10-20-15;/h3-8,10H,9,11-12H2,1-2H3,(H2,17,18,19);1H. The summed E-state index contributed by atoms with van der Waals surface area (Å²) >= 11 is 0. The van der Waals surface area contributed by atoms with E-state index in [4.69, 9.17) is 9.15 Å². The summed E-state index contributed by atoms with van der Waals surface area (Å²) in [6.45, 7) is 3.90. The van der Waals surface area contributed by atoms with E-state index in [-0.39, 0.29) is 24.0 Å². The molecule has 1 aromatic carbocycles. The van der Waals surface area contributed by atoms with Gasteiger partial charge in [0.1, 0.15) is 18.1 Å². The van der Waals surface area contributed by atoms with Crippen LogP contribution in [0, 0.1) is 6.92 Å². The van der Waals surface area contributed by atoms with Crippen LogP contribution < -0.4 is 15.4 Å². The molecular formula is C16H22IN3O2. The molecule has 22 heavy (non-hydrogen) atoms. The van der Waals surface area contributed by atoms with E-state index in [0.717, 1.165) is 17.5 Å². The van der Waals surface area contributed by atoms with Gasteiger partial charge in [-0.05, 0) is 31.2 Å². The van der Waals surface area contributed by atoms with Gasteiger partial charge in [0.05, 0.1) is 19.4 Å². The van der Waals surface area contributed by atoms with Crippen LogP contribution in [0.1, 0.15) is 11.3 Å². The largest absolute Gasteiger partial charge is 0.492 e. The summed E-state index contributed by atoms with van der Waals surface area (Å²) in [7, 11) is 1.73. The highest BCUT2D eigenvalue weighted by molar-refractivity contribution is 14.0. The number of furan rings is 1. The van der Waals surface area contributed by atoms with Gasteiger partial charge in [0, 0.05) is 7.05 Å². The fraction of sp³-hybridized carbons (Fsp3) is 0.312. The molecule has 0 saturated carbocycles. The molecule has 6 heteroatoms. The molecule has 0 radical (unpaired) electrons. The van der Waals surface area contributed by atoms with Gasteiger partial charge in [0.2, 0.25) is 0 Å². The highest BCUT2D eigenvalue weighted by Gasteiger charge is 2.00. The molecule has 0 aliphatic carbocycles. The molecule has 0 fully saturated rings. The number of halogens is 1. The van der Waals surface area contributed by atoms with Crippen molar-refractivity contribution in [2.24, 2.45) is 4.99 Å². The van der Waals surface area contributed by atoms with Crippen molar-refractivity contribution in [2.75, 3.05) is 20.2 Å². The van der Waals surface area contributed by atoms with Gasteiger partial charge in [0.25, 0.3) is 0 Å². The number of hydrogen-bond acceptors (Lipinski definition) is 3. The minimum atomic E-state index is 0. The Kier molecular flexibility index (Phi) is 8.42.